The molecular formula is C29H34ClN7O. The highest BCUT2D eigenvalue weighted by Gasteiger charge is 2.43. The van der Waals surface area contributed by atoms with E-state index >= 15 is 0 Å². The summed E-state index contributed by atoms with van der Waals surface area (Å²) in [5.74, 6) is 2.76. The number of piperazine rings is 1. The highest BCUT2D eigenvalue weighted by molar-refractivity contribution is 6.30. The fourth-order valence-corrected chi connectivity index (χ4v) is 7.10. The molecule has 2 atom stereocenters. The second-order valence-corrected chi connectivity index (χ2v) is 11.8. The average Bonchev–Trinajstić information content (AvgIpc) is 3.54. The number of nitrogens with zero attached hydrogens (tertiary/aromatic N) is 7. The molecule has 3 aromatic rings. The van der Waals surface area contributed by atoms with E-state index in [1.54, 1.807) is 19.3 Å². The van der Waals surface area contributed by atoms with Crippen LogP contribution in [0.5, 0.6) is 0 Å². The van der Waals surface area contributed by atoms with E-state index < -0.39 is 0 Å². The number of imidazole rings is 1. The molecule has 2 aliphatic carbocycles. The summed E-state index contributed by atoms with van der Waals surface area (Å²) < 4.78 is 2.37. The van der Waals surface area contributed by atoms with Crippen molar-refractivity contribution < 1.29 is 4.79 Å². The van der Waals surface area contributed by atoms with Crippen LogP contribution >= 0.6 is 11.6 Å². The largest absolute Gasteiger partial charge is 0.361 e. The Morgan fingerprint density at radius 2 is 1.87 bits per heavy atom. The average molecular weight is 532 g/mol. The van der Waals surface area contributed by atoms with Gasteiger partial charge < -0.3 is 19.2 Å². The fraction of sp³-hybridized carbons (Fsp3) is 0.552. The number of pyridine rings is 2. The van der Waals surface area contributed by atoms with Gasteiger partial charge in [0.15, 0.2) is 5.69 Å². The Bertz CT molecular complexity index is 1400. The molecular weight excluding hydrogens is 498 g/mol. The van der Waals surface area contributed by atoms with E-state index in [9.17, 15) is 4.79 Å². The molecule has 3 aromatic heterocycles. The van der Waals surface area contributed by atoms with Gasteiger partial charge in [0.2, 0.25) is 11.9 Å². The van der Waals surface area contributed by atoms with E-state index in [0.29, 0.717) is 29.0 Å². The predicted molar refractivity (Wildman–Crippen MR) is 149 cm³/mol. The van der Waals surface area contributed by atoms with Crippen LogP contribution in [0.1, 0.15) is 58.8 Å². The summed E-state index contributed by atoms with van der Waals surface area (Å²) in [5, 5.41) is 0.535. The van der Waals surface area contributed by atoms with E-state index in [1.807, 2.05) is 12.1 Å². The van der Waals surface area contributed by atoms with Gasteiger partial charge >= 0.3 is 0 Å². The number of rotatable bonds is 4. The second kappa shape index (κ2) is 10.2. The van der Waals surface area contributed by atoms with Crippen LogP contribution in [0.4, 0.5) is 11.8 Å². The van der Waals surface area contributed by atoms with E-state index in [0.717, 1.165) is 60.8 Å². The second-order valence-electron chi connectivity index (χ2n) is 11.3. The Morgan fingerprint density at radius 1 is 1.08 bits per heavy atom. The van der Waals surface area contributed by atoms with Crippen LogP contribution in [0.25, 0.3) is 27.1 Å². The van der Waals surface area contributed by atoms with Crippen LogP contribution in [-0.2, 0) is 11.3 Å². The van der Waals surface area contributed by atoms with Gasteiger partial charge in [0, 0.05) is 44.5 Å². The van der Waals surface area contributed by atoms with Crippen molar-refractivity contribution in [3.63, 3.8) is 0 Å². The lowest BCUT2D eigenvalue weighted by molar-refractivity contribution is -0.132. The van der Waals surface area contributed by atoms with E-state index in [1.165, 1.54) is 25.7 Å². The van der Waals surface area contributed by atoms with Crippen LogP contribution in [0.2, 0.25) is 5.02 Å². The molecule has 9 heteroatoms. The third-order valence-corrected chi connectivity index (χ3v) is 9.05. The predicted octanol–water partition coefficient (Wildman–Crippen LogP) is 6.11. The first-order chi connectivity index (χ1) is 18.4. The first-order valence-corrected chi connectivity index (χ1v) is 14.2. The molecule has 1 saturated heterocycles. The van der Waals surface area contributed by atoms with Crippen molar-refractivity contribution in [2.24, 2.45) is 11.8 Å². The fourth-order valence-electron chi connectivity index (χ4n) is 6.93. The number of fused-ring (bicyclic) bond motifs is 2. The van der Waals surface area contributed by atoms with Gasteiger partial charge in [0.1, 0.15) is 5.52 Å². The standard InChI is InChI=1S/C29H34ClN7O/c1-18-7-9-20(10-8-18)17-37-28-23(14-26(31-3)34-27(28)21-13-22(30)16-32-15-21)33-29(37)36-12-11-35(19(2)38)24-5-4-6-25(24)36/h13-16,18,20,24-25H,4-12,17H2,1-2H3/t18?,20?,24-,25-/m1/s1. The SMILES string of the molecule is [C-]#[N+]c1cc2nc(N3CCN(C(C)=O)[C@@H]4CCC[C@H]43)n(CC3CCC(C)CC3)c2c(-c2cncc(Cl)c2)n1. The first kappa shape index (κ1) is 25.1. The number of aromatic nitrogens is 4. The maximum atomic E-state index is 12.4. The number of halogens is 1. The molecule has 0 bridgehead atoms. The summed E-state index contributed by atoms with van der Waals surface area (Å²) in [5.41, 5.74) is 3.22. The van der Waals surface area contributed by atoms with Gasteiger partial charge in [-0.2, -0.15) is 0 Å². The number of carbonyl (C=O) groups is 1. The maximum absolute atomic E-state index is 12.4. The van der Waals surface area contributed by atoms with E-state index in [-0.39, 0.29) is 18.0 Å². The zero-order valence-corrected chi connectivity index (χ0v) is 22.9. The van der Waals surface area contributed by atoms with Crippen molar-refractivity contribution in [3.8, 4) is 11.3 Å². The van der Waals surface area contributed by atoms with Crippen LogP contribution in [-0.4, -0.2) is 55.5 Å². The maximum Gasteiger partial charge on any atom is 0.272 e. The molecule has 4 heterocycles. The molecule has 2 saturated carbocycles. The Hall–Kier alpha value is -3.18. The quantitative estimate of drug-likeness (QED) is 0.380. The first-order valence-electron chi connectivity index (χ1n) is 13.9. The Kier molecular flexibility index (Phi) is 6.73. The van der Waals surface area contributed by atoms with Gasteiger partial charge in [-0.05, 0) is 56.1 Å². The molecule has 8 nitrogen and oxygen atoms in total. The van der Waals surface area contributed by atoms with Crippen LogP contribution in [0, 0.1) is 18.4 Å². The van der Waals surface area contributed by atoms with Gasteiger partial charge in [-0.3, -0.25) is 9.78 Å². The zero-order valence-electron chi connectivity index (χ0n) is 22.1. The molecule has 6 rings (SSSR count). The minimum absolute atomic E-state index is 0.160. The lowest BCUT2D eigenvalue weighted by Crippen LogP contribution is -2.59. The number of anilines is 1. The van der Waals surface area contributed by atoms with Gasteiger partial charge in [-0.15, -0.1) is 4.98 Å². The van der Waals surface area contributed by atoms with Gasteiger partial charge in [-0.1, -0.05) is 37.9 Å². The van der Waals surface area contributed by atoms with Crippen molar-refractivity contribution in [2.45, 2.75) is 77.4 Å². The highest BCUT2D eigenvalue weighted by atomic mass is 35.5. The van der Waals surface area contributed by atoms with Crippen LogP contribution in [0.3, 0.4) is 0 Å². The number of amides is 1. The summed E-state index contributed by atoms with van der Waals surface area (Å²) in [4.78, 5) is 34.9. The van der Waals surface area contributed by atoms with Crippen LogP contribution < -0.4 is 4.90 Å². The van der Waals surface area contributed by atoms with Gasteiger partial charge in [0.05, 0.1) is 22.6 Å². The molecule has 1 aliphatic heterocycles. The van der Waals surface area contributed by atoms with Gasteiger partial charge in [0.25, 0.3) is 5.82 Å². The molecule has 0 radical (unpaired) electrons. The lowest BCUT2D eigenvalue weighted by Gasteiger charge is -2.45. The summed E-state index contributed by atoms with van der Waals surface area (Å²) in [6, 6.07) is 4.14. The third-order valence-electron chi connectivity index (χ3n) is 8.85. The molecule has 38 heavy (non-hydrogen) atoms. The summed E-state index contributed by atoms with van der Waals surface area (Å²) in [6.45, 7) is 14.1. The molecule has 198 valence electrons. The van der Waals surface area contributed by atoms with Gasteiger partial charge in [-0.25, -0.2) is 4.98 Å². The molecule has 3 fully saturated rings. The number of hydrogen-bond donors (Lipinski definition) is 0. The van der Waals surface area contributed by atoms with E-state index in [4.69, 9.17) is 28.1 Å². The number of hydrogen-bond acceptors (Lipinski definition) is 5. The summed E-state index contributed by atoms with van der Waals surface area (Å²) >= 11 is 6.34. The summed E-state index contributed by atoms with van der Waals surface area (Å²) in [6.07, 6.45) is 11.5. The molecule has 3 aliphatic rings. The molecule has 0 aromatic carbocycles. The minimum atomic E-state index is 0.160. The van der Waals surface area contributed by atoms with Crippen molar-refractivity contribution >= 4 is 40.3 Å². The molecule has 0 N–H and O–H groups in total. The van der Waals surface area contributed by atoms with E-state index in [2.05, 4.69) is 31.1 Å². The summed E-state index contributed by atoms with van der Waals surface area (Å²) in [7, 11) is 0. The smallest absolute Gasteiger partial charge is 0.272 e. The molecule has 0 unspecified atom stereocenters. The molecule has 0 spiro atoms. The monoisotopic (exact) mass is 531 g/mol. The highest BCUT2D eigenvalue weighted by Crippen LogP contribution is 2.40. The van der Waals surface area contributed by atoms with Crippen molar-refractivity contribution in [3.05, 3.63) is 41.0 Å². The van der Waals surface area contributed by atoms with Crippen molar-refractivity contribution in [1.82, 2.24) is 24.4 Å². The topological polar surface area (TPSA) is 71.5 Å². The Balaban J connectivity index is 1.51. The zero-order chi connectivity index (χ0) is 26.4. The van der Waals surface area contributed by atoms with Crippen molar-refractivity contribution in [1.29, 1.82) is 0 Å². The Morgan fingerprint density at radius 3 is 2.61 bits per heavy atom. The lowest BCUT2D eigenvalue weighted by atomic mass is 9.83. The molecule has 1 amide bonds. The normalized spacial score (nSPS) is 25.4. The van der Waals surface area contributed by atoms with Crippen LogP contribution in [0.15, 0.2) is 24.5 Å². The number of carbonyl (C=O) groups excluding carboxylic acids is 1. The van der Waals surface area contributed by atoms with Crippen molar-refractivity contribution in [2.75, 3.05) is 18.0 Å². The Labute approximate surface area is 228 Å². The minimum Gasteiger partial charge on any atom is -0.361 e. The third kappa shape index (κ3) is 4.51.